The molecule has 0 spiro atoms. The fourth-order valence-electron chi connectivity index (χ4n) is 8.54. The monoisotopic (exact) mass is 891 g/mol. The lowest BCUT2D eigenvalue weighted by atomic mass is 9.78. The number of allylic oxidation sites excluding steroid dienone is 4. The number of rotatable bonds is 13. The molecule has 0 bridgehead atoms. The van der Waals surface area contributed by atoms with Gasteiger partial charge in [-0.2, -0.15) is 38.2 Å². The van der Waals surface area contributed by atoms with Crippen LogP contribution in [0.2, 0.25) is 0 Å². The first-order valence-corrected chi connectivity index (χ1v) is 24.0. The molecule has 4 aromatic rings. The third-order valence-corrected chi connectivity index (χ3v) is 14.5. The predicted molar refractivity (Wildman–Crippen MR) is 219 cm³/mol. The molecular weight excluding hydrogens is 849 g/mol. The molecule has 4 aromatic carbocycles. The zero-order valence-electron chi connectivity index (χ0n) is 32.5. The molecule has 5 N–H and O–H groups in total. The van der Waals surface area contributed by atoms with Crippen LogP contribution >= 0.6 is 0 Å². The lowest BCUT2D eigenvalue weighted by molar-refractivity contribution is -0.438. The molecule has 0 aliphatic carbocycles. The number of benzene rings is 4. The van der Waals surface area contributed by atoms with E-state index in [0.717, 1.165) is 6.07 Å². The van der Waals surface area contributed by atoms with E-state index in [0.29, 0.717) is 78.4 Å². The van der Waals surface area contributed by atoms with Crippen molar-refractivity contribution in [2.24, 2.45) is 0 Å². The molecule has 0 amide bonds. The van der Waals surface area contributed by atoms with Crippen LogP contribution in [-0.4, -0.2) is 86.3 Å². The standard InChI is InChI=1S/C39H42N2O14S4/c1-6-40-29-16-14-25-27(19-23(56(44,45)46)21-31(25)58(50,51)52)36(29)38(2,3)33(40)11-10-12-34-39(4,5)37-28-20-24(57(47,48)49)22-32(59(53,54)55)26(28)15-17-30(37)41(34)18-9-7-8-13-35(42)43/h10-12,14-17,19-22H,6-9,13,18H2,1-5H3,(H4-,42,43,44,45,46,47,48,49,50,51,52,53,54,55)/p+1. The van der Waals surface area contributed by atoms with Gasteiger partial charge in [-0.15, -0.1) is 0 Å². The van der Waals surface area contributed by atoms with E-state index < -0.39 is 76.9 Å². The molecule has 2 aliphatic rings. The molecule has 0 radical (unpaired) electrons. The maximum Gasteiger partial charge on any atom is 0.303 e. The number of carboxylic acids is 1. The molecule has 6 rings (SSSR count). The first kappa shape index (κ1) is 44.0. The maximum atomic E-state index is 12.5. The summed E-state index contributed by atoms with van der Waals surface area (Å²) in [7, 11) is -19.8. The number of carbonyl (C=O) groups is 1. The highest BCUT2D eigenvalue weighted by Gasteiger charge is 2.46. The van der Waals surface area contributed by atoms with Crippen LogP contribution in [0.5, 0.6) is 0 Å². The number of nitrogens with zero attached hydrogens (tertiary/aromatic N) is 2. The molecule has 316 valence electrons. The van der Waals surface area contributed by atoms with Crippen molar-refractivity contribution < 1.29 is 66.4 Å². The van der Waals surface area contributed by atoms with Crippen molar-refractivity contribution in [1.82, 2.24) is 0 Å². The van der Waals surface area contributed by atoms with Crippen LogP contribution in [0, 0.1) is 0 Å². The van der Waals surface area contributed by atoms with Crippen molar-refractivity contribution in [1.29, 1.82) is 0 Å². The number of fused-ring (bicyclic) bond motifs is 6. The van der Waals surface area contributed by atoms with E-state index in [1.54, 1.807) is 18.2 Å². The molecular formula is C39H43N2O14S4+. The smallest absolute Gasteiger partial charge is 0.303 e. The third kappa shape index (κ3) is 7.95. The van der Waals surface area contributed by atoms with Gasteiger partial charge in [0.1, 0.15) is 16.3 Å². The largest absolute Gasteiger partial charge is 0.481 e. The lowest BCUT2D eigenvalue weighted by Crippen LogP contribution is -2.28. The Hall–Kier alpha value is -4.54. The summed E-state index contributed by atoms with van der Waals surface area (Å²) < 4.78 is 141. The van der Waals surface area contributed by atoms with Crippen LogP contribution in [0.4, 0.5) is 11.4 Å². The second-order valence-electron chi connectivity index (χ2n) is 15.5. The molecule has 0 aromatic heterocycles. The van der Waals surface area contributed by atoms with Crippen molar-refractivity contribution >= 4 is 85.1 Å². The first-order chi connectivity index (χ1) is 27.1. The summed E-state index contributed by atoms with van der Waals surface area (Å²) in [6.45, 7) is 10.1. The minimum absolute atomic E-state index is 0.0195. The fourth-order valence-corrected chi connectivity index (χ4v) is 11.2. The topological polar surface area (TPSA) is 261 Å². The van der Waals surface area contributed by atoms with E-state index in [1.807, 2.05) is 56.2 Å². The predicted octanol–water partition coefficient (Wildman–Crippen LogP) is 6.26. The number of aliphatic carboxylic acids is 1. The highest BCUT2D eigenvalue weighted by molar-refractivity contribution is 7.87. The third-order valence-electron chi connectivity index (χ3n) is 11.0. The Morgan fingerprint density at radius 2 is 1.20 bits per heavy atom. The summed E-state index contributed by atoms with van der Waals surface area (Å²) in [5, 5.41) is 9.55. The summed E-state index contributed by atoms with van der Waals surface area (Å²) >= 11 is 0. The summed E-state index contributed by atoms with van der Waals surface area (Å²) in [5.74, 6) is -0.930. The van der Waals surface area contributed by atoms with E-state index in [1.165, 1.54) is 18.2 Å². The summed E-state index contributed by atoms with van der Waals surface area (Å²) in [6.07, 6.45) is 6.91. The molecule has 2 aliphatic heterocycles. The van der Waals surface area contributed by atoms with Gasteiger partial charge in [-0.1, -0.05) is 26.0 Å². The SMILES string of the molecule is CCN1/C(=C\C=C\C2=[N+](CCCCCC(=O)O)c3ccc4c(S(=O)(=O)O)cc(S(=O)(=O)O)cc4c3C2(C)C)C(C)(C)c2c1ccc1c(S(=O)(=O)O)cc(S(=O)(=O)O)cc21. The minimum Gasteiger partial charge on any atom is -0.481 e. The fraction of sp³-hybridized carbons (Fsp3) is 0.333. The van der Waals surface area contributed by atoms with Crippen molar-refractivity contribution in [3.05, 3.63) is 83.6 Å². The van der Waals surface area contributed by atoms with Gasteiger partial charge < -0.3 is 10.0 Å². The van der Waals surface area contributed by atoms with Crippen molar-refractivity contribution in [3.8, 4) is 0 Å². The van der Waals surface area contributed by atoms with Crippen LogP contribution < -0.4 is 4.90 Å². The second kappa shape index (κ2) is 14.9. The van der Waals surface area contributed by atoms with Crippen LogP contribution in [0.3, 0.4) is 0 Å². The maximum absolute atomic E-state index is 12.5. The number of likely N-dealkylation sites (N-methyl/N-ethyl adjacent to an activating group) is 1. The Bertz CT molecular complexity index is 3040. The first-order valence-electron chi connectivity index (χ1n) is 18.3. The van der Waals surface area contributed by atoms with Gasteiger partial charge in [0.2, 0.25) is 5.69 Å². The van der Waals surface area contributed by atoms with Crippen molar-refractivity contribution in [2.45, 2.75) is 90.7 Å². The van der Waals surface area contributed by atoms with E-state index in [9.17, 15) is 56.7 Å². The number of anilines is 1. The number of hydrogen-bond acceptors (Lipinski definition) is 10. The number of hydrogen-bond donors (Lipinski definition) is 5. The minimum atomic E-state index is -4.97. The van der Waals surface area contributed by atoms with E-state index in [4.69, 9.17) is 5.11 Å². The van der Waals surface area contributed by atoms with Crippen LogP contribution in [0.1, 0.15) is 71.4 Å². The Balaban J connectivity index is 1.54. The molecule has 0 saturated heterocycles. The summed E-state index contributed by atoms with van der Waals surface area (Å²) in [4.78, 5) is 10.3. The highest BCUT2D eigenvalue weighted by atomic mass is 32.2. The van der Waals surface area contributed by atoms with Gasteiger partial charge >= 0.3 is 5.97 Å². The van der Waals surface area contributed by atoms with Gasteiger partial charge in [0.15, 0.2) is 5.71 Å². The van der Waals surface area contributed by atoms with Crippen molar-refractivity contribution in [3.63, 3.8) is 0 Å². The molecule has 0 unspecified atom stereocenters. The van der Waals surface area contributed by atoms with Gasteiger partial charge in [0.25, 0.3) is 40.5 Å². The average Bonchev–Trinajstić information content (AvgIpc) is 3.46. The van der Waals surface area contributed by atoms with E-state index in [2.05, 4.69) is 0 Å². The van der Waals surface area contributed by atoms with E-state index >= 15 is 0 Å². The van der Waals surface area contributed by atoms with Gasteiger partial charge in [0, 0.05) is 64.7 Å². The quantitative estimate of drug-likeness (QED) is 0.0564. The molecule has 0 atom stereocenters. The molecule has 2 heterocycles. The molecule has 0 fully saturated rings. The van der Waals surface area contributed by atoms with Crippen LogP contribution in [-0.2, 0) is 56.1 Å². The van der Waals surface area contributed by atoms with Gasteiger partial charge in [-0.3, -0.25) is 23.0 Å². The van der Waals surface area contributed by atoms with Crippen LogP contribution in [0.15, 0.2) is 92.0 Å². The van der Waals surface area contributed by atoms with Gasteiger partial charge in [-0.25, -0.2) is 0 Å². The normalized spacial score (nSPS) is 17.4. The van der Waals surface area contributed by atoms with Crippen LogP contribution in [0.25, 0.3) is 21.5 Å². The number of unbranched alkanes of at least 4 members (excludes halogenated alkanes) is 2. The Labute approximate surface area is 342 Å². The Kier molecular flexibility index (Phi) is 11.1. The summed E-state index contributed by atoms with van der Waals surface area (Å²) in [6, 6.07) is 9.93. The Morgan fingerprint density at radius 3 is 1.69 bits per heavy atom. The zero-order chi connectivity index (χ0) is 43.8. The lowest BCUT2D eigenvalue weighted by Gasteiger charge is -2.26. The average molecular weight is 892 g/mol. The number of carboxylic acid groups (broad SMARTS) is 1. The molecule has 20 heteroatoms. The second-order valence-corrected chi connectivity index (χ2v) is 21.1. The highest BCUT2D eigenvalue weighted by Crippen LogP contribution is 2.52. The van der Waals surface area contributed by atoms with Crippen molar-refractivity contribution in [2.75, 3.05) is 18.0 Å². The van der Waals surface area contributed by atoms with Gasteiger partial charge in [0.05, 0.1) is 15.2 Å². The van der Waals surface area contributed by atoms with Gasteiger partial charge in [-0.05, 0) is 92.4 Å². The molecule has 59 heavy (non-hydrogen) atoms. The molecule has 16 nitrogen and oxygen atoms in total. The summed E-state index contributed by atoms with van der Waals surface area (Å²) in [5.41, 5.74) is 1.72. The van der Waals surface area contributed by atoms with E-state index in [-0.39, 0.29) is 28.0 Å². The Morgan fingerprint density at radius 1 is 0.678 bits per heavy atom. The zero-order valence-corrected chi connectivity index (χ0v) is 35.8. The molecule has 0 saturated carbocycles.